The van der Waals surface area contributed by atoms with Gasteiger partial charge >= 0.3 is 5.97 Å². The molecule has 2 aromatic rings. The molecule has 0 saturated carbocycles. The molecule has 2 rings (SSSR count). The van der Waals surface area contributed by atoms with Crippen LogP contribution < -0.4 is 0 Å². The number of hydrogen-bond donors (Lipinski definition) is 1. The van der Waals surface area contributed by atoms with Gasteiger partial charge in [0.2, 0.25) is 5.78 Å². The van der Waals surface area contributed by atoms with E-state index >= 15 is 0 Å². The Morgan fingerprint density at radius 1 is 1.35 bits per heavy atom. The molecule has 1 atom stereocenters. The summed E-state index contributed by atoms with van der Waals surface area (Å²) in [6.45, 7) is 0. The van der Waals surface area contributed by atoms with E-state index in [4.69, 9.17) is 9.52 Å². The maximum absolute atomic E-state index is 12.1. The predicted octanol–water partition coefficient (Wildman–Crippen LogP) is 2.78. The molecule has 0 amide bonds. The van der Waals surface area contributed by atoms with Crippen LogP contribution in [-0.2, 0) is 4.79 Å². The zero-order valence-corrected chi connectivity index (χ0v) is 9.65. The van der Waals surface area contributed by atoms with Gasteiger partial charge in [0.05, 0.1) is 18.6 Å². The Morgan fingerprint density at radius 2 is 2.18 bits per heavy atom. The van der Waals surface area contributed by atoms with Crippen LogP contribution in [0.2, 0.25) is 0 Å². The molecule has 2 aromatic heterocycles. The largest absolute Gasteiger partial charge is 0.481 e. The first-order valence-corrected chi connectivity index (χ1v) is 5.89. The number of Topliss-reactive ketones (excluding diaryl/α,β-unsaturated/α-hetero) is 1. The number of rotatable bonds is 5. The molecule has 0 saturated heterocycles. The summed E-state index contributed by atoms with van der Waals surface area (Å²) < 4.78 is 5.02. The number of furan rings is 1. The van der Waals surface area contributed by atoms with Crippen molar-refractivity contribution in [1.82, 2.24) is 0 Å². The van der Waals surface area contributed by atoms with Crippen molar-refractivity contribution in [2.75, 3.05) is 0 Å². The van der Waals surface area contributed by atoms with E-state index in [0.717, 1.165) is 4.88 Å². The van der Waals surface area contributed by atoms with Gasteiger partial charge in [-0.2, -0.15) is 0 Å². The number of hydrogen-bond acceptors (Lipinski definition) is 4. The van der Waals surface area contributed by atoms with Gasteiger partial charge < -0.3 is 9.52 Å². The van der Waals surface area contributed by atoms with E-state index in [9.17, 15) is 9.59 Å². The van der Waals surface area contributed by atoms with Crippen LogP contribution in [0.15, 0.2) is 40.3 Å². The first-order valence-electron chi connectivity index (χ1n) is 5.01. The summed E-state index contributed by atoms with van der Waals surface area (Å²) in [5.41, 5.74) is 0. The molecule has 1 unspecified atom stereocenters. The van der Waals surface area contributed by atoms with Crippen LogP contribution in [-0.4, -0.2) is 16.9 Å². The van der Waals surface area contributed by atoms with E-state index in [1.165, 1.54) is 17.6 Å². The van der Waals surface area contributed by atoms with Crippen molar-refractivity contribution >= 4 is 23.1 Å². The molecule has 0 aromatic carbocycles. The molecule has 0 spiro atoms. The summed E-state index contributed by atoms with van der Waals surface area (Å²) in [7, 11) is 0. The van der Waals surface area contributed by atoms with Crippen molar-refractivity contribution in [2.45, 2.75) is 12.3 Å². The molecule has 0 radical (unpaired) electrons. The second-order valence-electron chi connectivity index (χ2n) is 3.51. The van der Waals surface area contributed by atoms with Crippen LogP contribution in [0.25, 0.3) is 0 Å². The first kappa shape index (κ1) is 11.6. The van der Waals surface area contributed by atoms with Gasteiger partial charge in [0.25, 0.3) is 0 Å². The van der Waals surface area contributed by atoms with E-state index in [1.54, 1.807) is 24.3 Å². The van der Waals surface area contributed by atoms with Gasteiger partial charge in [0, 0.05) is 4.88 Å². The van der Waals surface area contributed by atoms with Gasteiger partial charge in [0.1, 0.15) is 0 Å². The molecule has 17 heavy (non-hydrogen) atoms. The molecule has 88 valence electrons. The number of carbonyl (C=O) groups excluding carboxylic acids is 1. The van der Waals surface area contributed by atoms with Gasteiger partial charge in [-0.25, -0.2) is 0 Å². The minimum Gasteiger partial charge on any atom is -0.481 e. The summed E-state index contributed by atoms with van der Waals surface area (Å²) in [5.74, 6) is -1.76. The maximum Gasteiger partial charge on any atom is 0.304 e. The SMILES string of the molecule is O=C(O)CC(C(=O)c1ccco1)c1cccs1. The van der Waals surface area contributed by atoms with Crippen LogP contribution in [0.5, 0.6) is 0 Å². The van der Waals surface area contributed by atoms with Gasteiger partial charge in [0.15, 0.2) is 5.76 Å². The fourth-order valence-corrected chi connectivity index (χ4v) is 2.40. The lowest BCUT2D eigenvalue weighted by Crippen LogP contribution is -2.15. The van der Waals surface area contributed by atoms with Gasteiger partial charge in [-0.3, -0.25) is 9.59 Å². The average molecular weight is 250 g/mol. The van der Waals surface area contributed by atoms with Crippen LogP contribution in [0.1, 0.15) is 27.8 Å². The second kappa shape index (κ2) is 4.97. The van der Waals surface area contributed by atoms with E-state index in [-0.39, 0.29) is 18.0 Å². The molecular weight excluding hydrogens is 240 g/mol. The van der Waals surface area contributed by atoms with Crippen molar-refractivity contribution in [1.29, 1.82) is 0 Å². The van der Waals surface area contributed by atoms with Gasteiger partial charge in [-0.15, -0.1) is 11.3 Å². The number of carboxylic acid groups (broad SMARTS) is 1. The Bertz CT molecular complexity index is 499. The van der Waals surface area contributed by atoms with Crippen molar-refractivity contribution in [2.24, 2.45) is 0 Å². The molecule has 1 N–H and O–H groups in total. The Balaban J connectivity index is 2.28. The molecule has 0 aliphatic heterocycles. The number of thiophene rings is 1. The highest BCUT2D eigenvalue weighted by Crippen LogP contribution is 2.28. The molecule has 4 nitrogen and oxygen atoms in total. The molecule has 5 heteroatoms. The highest BCUT2D eigenvalue weighted by Gasteiger charge is 2.27. The smallest absolute Gasteiger partial charge is 0.304 e. The Hall–Kier alpha value is -1.88. The second-order valence-corrected chi connectivity index (χ2v) is 4.49. The van der Waals surface area contributed by atoms with Crippen molar-refractivity contribution in [3.63, 3.8) is 0 Å². The van der Waals surface area contributed by atoms with Gasteiger partial charge in [-0.1, -0.05) is 6.07 Å². The fraction of sp³-hybridized carbons (Fsp3) is 0.167. The first-order chi connectivity index (χ1) is 8.18. The summed E-state index contributed by atoms with van der Waals surface area (Å²) >= 11 is 1.37. The molecule has 0 aliphatic rings. The van der Waals surface area contributed by atoms with Crippen molar-refractivity contribution in [3.8, 4) is 0 Å². The molecular formula is C12H10O4S. The number of ketones is 1. The minimum atomic E-state index is -0.997. The third-order valence-electron chi connectivity index (χ3n) is 2.35. The highest BCUT2D eigenvalue weighted by molar-refractivity contribution is 7.10. The van der Waals surface area contributed by atoms with E-state index in [2.05, 4.69) is 0 Å². The van der Waals surface area contributed by atoms with Crippen molar-refractivity contribution in [3.05, 3.63) is 46.5 Å². The lowest BCUT2D eigenvalue weighted by atomic mass is 9.97. The van der Waals surface area contributed by atoms with E-state index in [1.807, 2.05) is 5.38 Å². The summed E-state index contributed by atoms with van der Waals surface area (Å²) in [6.07, 6.45) is 1.18. The van der Waals surface area contributed by atoms with Gasteiger partial charge in [-0.05, 0) is 23.6 Å². The molecule has 0 fully saturated rings. The summed E-state index contributed by atoms with van der Waals surface area (Å²) in [4.78, 5) is 23.6. The van der Waals surface area contributed by atoms with E-state index < -0.39 is 11.9 Å². The molecule has 0 bridgehead atoms. The lowest BCUT2D eigenvalue weighted by Gasteiger charge is -2.09. The van der Waals surface area contributed by atoms with Crippen LogP contribution in [0.3, 0.4) is 0 Å². The zero-order chi connectivity index (χ0) is 12.3. The lowest BCUT2D eigenvalue weighted by molar-refractivity contribution is -0.137. The van der Waals surface area contributed by atoms with Crippen LogP contribution in [0, 0.1) is 0 Å². The Kier molecular flexibility index (Phi) is 3.39. The standard InChI is InChI=1S/C12H10O4S/c13-11(14)7-8(10-4-2-6-17-10)12(15)9-3-1-5-16-9/h1-6,8H,7H2,(H,13,14). The highest BCUT2D eigenvalue weighted by atomic mass is 32.1. The quantitative estimate of drug-likeness (QED) is 0.828. The monoisotopic (exact) mass is 250 g/mol. The maximum atomic E-state index is 12.1. The number of aliphatic carboxylic acids is 1. The minimum absolute atomic E-state index is 0.199. The molecule has 0 aliphatic carbocycles. The summed E-state index contributed by atoms with van der Waals surface area (Å²) in [5, 5.41) is 10.7. The number of carbonyl (C=O) groups is 2. The van der Waals surface area contributed by atoms with E-state index in [0.29, 0.717) is 0 Å². The van der Waals surface area contributed by atoms with Crippen molar-refractivity contribution < 1.29 is 19.1 Å². The average Bonchev–Trinajstić information content (AvgIpc) is 2.96. The predicted molar refractivity (Wildman–Crippen MR) is 62.4 cm³/mol. The third kappa shape index (κ3) is 2.62. The topological polar surface area (TPSA) is 67.5 Å². The Morgan fingerprint density at radius 3 is 2.71 bits per heavy atom. The van der Waals surface area contributed by atoms with Crippen LogP contribution in [0.4, 0.5) is 0 Å². The fourth-order valence-electron chi connectivity index (χ4n) is 1.58. The number of carboxylic acids is 1. The molecule has 2 heterocycles. The Labute approximate surface area is 102 Å². The third-order valence-corrected chi connectivity index (χ3v) is 3.33. The summed E-state index contributed by atoms with van der Waals surface area (Å²) in [6, 6.07) is 6.72. The van der Waals surface area contributed by atoms with Crippen LogP contribution >= 0.6 is 11.3 Å². The normalized spacial score (nSPS) is 12.2. The zero-order valence-electron chi connectivity index (χ0n) is 8.83.